The van der Waals surface area contributed by atoms with Crippen molar-refractivity contribution in [2.24, 2.45) is 5.16 Å². The van der Waals surface area contributed by atoms with Gasteiger partial charge in [-0.2, -0.15) is 0 Å². The molecule has 31 heavy (non-hydrogen) atoms. The van der Waals surface area contributed by atoms with Crippen molar-refractivity contribution < 1.29 is 39.1 Å². The number of carbonyl (C=O) groups excluding carboxylic acids is 2. The van der Waals surface area contributed by atoms with E-state index < -0.39 is 47.5 Å². The molecule has 2 fully saturated rings. The number of nitrogens with one attached hydrogen (secondary N) is 1. The highest BCUT2D eigenvalue weighted by molar-refractivity contribution is 7.13. The van der Waals surface area contributed by atoms with Gasteiger partial charge in [-0.15, -0.1) is 11.3 Å². The summed E-state index contributed by atoms with van der Waals surface area (Å²) in [4.78, 5) is 61.6. The number of carbonyl (C=O) groups is 4. The van der Waals surface area contributed by atoms with Gasteiger partial charge in [-0.25, -0.2) is 19.6 Å². The molecule has 14 heteroatoms. The van der Waals surface area contributed by atoms with E-state index in [-0.39, 0.29) is 29.4 Å². The highest BCUT2D eigenvalue weighted by Crippen LogP contribution is 2.36. The summed E-state index contributed by atoms with van der Waals surface area (Å²) < 4.78 is 0. The second kappa shape index (κ2) is 8.11. The Morgan fingerprint density at radius 2 is 2.06 bits per heavy atom. The van der Waals surface area contributed by atoms with Gasteiger partial charge in [0, 0.05) is 18.2 Å². The number of hydrogen-bond donors (Lipinski definition) is 4. The van der Waals surface area contributed by atoms with Gasteiger partial charge in [0.25, 0.3) is 11.8 Å². The van der Waals surface area contributed by atoms with E-state index >= 15 is 0 Å². The van der Waals surface area contributed by atoms with Crippen molar-refractivity contribution >= 4 is 45.9 Å². The average Bonchev–Trinajstić information content (AvgIpc) is 3.06. The molecule has 1 saturated heterocycles. The van der Waals surface area contributed by atoms with Crippen molar-refractivity contribution in [2.75, 3.05) is 12.3 Å². The molecule has 1 atom stereocenters. The predicted octanol–water partition coefficient (Wildman–Crippen LogP) is -0.425. The first kappa shape index (κ1) is 22.4. The van der Waals surface area contributed by atoms with Gasteiger partial charge in [-0.05, 0) is 20.3 Å². The molecule has 5 N–H and O–H groups in total. The van der Waals surface area contributed by atoms with Gasteiger partial charge >= 0.3 is 11.9 Å². The minimum Gasteiger partial charge on any atom is -0.479 e. The van der Waals surface area contributed by atoms with Gasteiger partial charge in [-0.1, -0.05) is 5.16 Å². The second-order valence-electron chi connectivity index (χ2n) is 7.62. The Morgan fingerprint density at radius 3 is 2.52 bits per heavy atom. The van der Waals surface area contributed by atoms with Crippen molar-refractivity contribution in [3.63, 3.8) is 0 Å². The third-order valence-electron chi connectivity index (χ3n) is 5.11. The van der Waals surface area contributed by atoms with Crippen molar-refractivity contribution in [1.82, 2.24) is 15.4 Å². The maximum atomic E-state index is 12.9. The zero-order valence-corrected chi connectivity index (χ0v) is 17.5. The summed E-state index contributed by atoms with van der Waals surface area (Å²) in [5.41, 5.74) is 2.78. The molecule has 1 unspecified atom stereocenters. The van der Waals surface area contributed by atoms with E-state index in [1.54, 1.807) is 13.8 Å². The standard InChI is InChI=1S/C17H21N5O8S/c1-16(2)11(13(26)22(16)29-6-9(23)24)20-12(25)10(8-7-31-15(18)19-8)21-30-17(14(27)28)4-3-5-17/h7,11H,3-6H2,1-2H3,(H2,18,19)(H,20,25)(H,23,24)(H,27,28). The average molecular weight is 455 g/mol. The summed E-state index contributed by atoms with van der Waals surface area (Å²) in [6.45, 7) is 2.43. The summed E-state index contributed by atoms with van der Waals surface area (Å²) in [5, 5.41) is 26.8. The van der Waals surface area contributed by atoms with Gasteiger partial charge in [0.05, 0.1) is 5.54 Å². The minimum absolute atomic E-state index is 0.0587. The van der Waals surface area contributed by atoms with Crippen LogP contribution in [-0.4, -0.2) is 73.5 Å². The number of anilines is 1. The monoisotopic (exact) mass is 455 g/mol. The van der Waals surface area contributed by atoms with E-state index in [4.69, 9.17) is 20.5 Å². The number of rotatable bonds is 9. The molecule has 0 bridgehead atoms. The maximum absolute atomic E-state index is 12.9. The van der Waals surface area contributed by atoms with Gasteiger partial charge < -0.3 is 26.1 Å². The lowest BCUT2D eigenvalue weighted by Gasteiger charge is -2.51. The summed E-state index contributed by atoms with van der Waals surface area (Å²) in [5.74, 6) is -3.94. The molecule has 0 aromatic carbocycles. The van der Waals surface area contributed by atoms with Crippen molar-refractivity contribution in [3.05, 3.63) is 11.1 Å². The van der Waals surface area contributed by atoms with E-state index in [9.17, 15) is 24.3 Å². The molecule has 2 heterocycles. The van der Waals surface area contributed by atoms with Crippen LogP contribution >= 0.6 is 11.3 Å². The zero-order valence-electron chi connectivity index (χ0n) is 16.7. The molecule has 1 aromatic heterocycles. The molecule has 0 spiro atoms. The Morgan fingerprint density at radius 1 is 1.39 bits per heavy atom. The minimum atomic E-state index is -1.51. The molecule has 3 rings (SSSR count). The van der Waals surface area contributed by atoms with E-state index in [0.29, 0.717) is 6.42 Å². The molecule has 2 aliphatic rings. The summed E-state index contributed by atoms with van der Waals surface area (Å²) in [6, 6.07) is -1.05. The third-order valence-corrected chi connectivity index (χ3v) is 5.79. The van der Waals surface area contributed by atoms with Gasteiger partial charge in [-0.3, -0.25) is 14.4 Å². The fourth-order valence-corrected chi connectivity index (χ4v) is 3.67. The maximum Gasteiger partial charge on any atom is 0.350 e. The fraction of sp³-hybridized carbons (Fsp3) is 0.529. The van der Waals surface area contributed by atoms with Crippen LogP contribution in [0.15, 0.2) is 10.5 Å². The number of hydroxylamine groups is 2. The third kappa shape index (κ3) is 4.16. The number of nitrogens with two attached hydrogens (primary N) is 1. The predicted molar refractivity (Wildman–Crippen MR) is 105 cm³/mol. The van der Waals surface area contributed by atoms with Gasteiger partial charge in [0.1, 0.15) is 11.7 Å². The lowest BCUT2D eigenvalue weighted by atomic mass is 9.80. The van der Waals surface area contributed by atoms with Crippen LogP contribution in [0.25, 0.3) is 0 Å². The number of amides is 2. The van der Waals surface area contributed by atoms with Gasteiger partial charge in [0.2, 0.25) is 5.60 Å². The van der Waals surface area contributed by atoms with Gasteiger partial charge in [0.15, 0.2) is 17.5 Å². The van der Waals surface area contributed by atoms with E-state index in [2.05, 4.69) is 15.5 Å². The second-order valence-corrected chi connectivity index (χ2v) is 8.50. The molecule has 1 aliphatic heterocycles. The number of thiazole rings is 1. The lowest BCUT2D eigenvalue weighted by Crippen LogP contribution is -2.76. The molecule has 1 aliphatic carbocycles. The first-order chi connectivity index (χ1) is 14.5. The number of hydrogen-bond acceptors (Lipinski definition) is 10. The fourth-order valence-electron chi connectivity index (χ4n) is 3.12. The smallest absolute Gasteiger partial charge is 0.350 e. The lowest BCUT2D eigenvalue weighted by molar-refractivity contribution is -0.257. The topological polar surface area (TPSA) is 194 Å². The quantitative estimate of drug-likeness (QED) is 0.216. The van der Waals surface area contributed by atoms with Crippen LogP contribution in [-0.2, 0) is 28.9 Å². The Hall–Kier alpha value is -3.26. The molecular weight excluding hydrogens is 434 g/mol. The van der Waals surface area contributed by atoms with Crippen LogP contribution in [0.1, 0.15) is 38.8 Å². The summed E-state index contributed by atoms with van der Waals surface area (Å²) >= 11 is 1.04. The summed E-state index contributed by atoms with van der Waals surface area (Å²) in [6.07, 6.45) is 1.12. The van der Waals surface area contributed by atoms with Crippen LogP contribution in [0, 0.1) is 0 Å². The van der Waals surface area contributed by atoms with Crippen LogP contribution in [0.4, 0.5) is 5.13 Å². The van der Waals surface area contributed by atoms with E-state index in [1.165, 1.54) is 5.38 Å². The normalized spacial score (nSPS) is 21.6. The van der Waals surface area contributed by atoms with Crippen LogP contribution < -0.4 is 11.1 Å². The van der Waals surface area contributed by atoms with Crippen molar-refractivity contribution in [1.29, 1.82) is 0 Å². The number of aromatic nitrogens is 1. The molecule has 168 valence electrons. The highest BCUT2D eigenvalue weighted by Gasteiger charge is 2.57. The molecule has 1 saturated carbocycles. The number of nitrogen functional groups attached to an aromatic ring is 1. The largest absolute Gasteiger partial charge is 0.479 e. The number of nitrogens with zero attached hydrogens (tertiary/aromatic N) is 3. The number of β-lactam (4-membered cyclic amide) rings is 1. The Balaban J connectivity index is 1.78. The number of carboxylic acids is 2. The zero-order chi connectivity index (χ0) is 23.0. The van der Waals surface area contributed by atoms with Crippen molar-refractivity contribution in [2.45, 2.75) is 50.3 Å². The molecule has 2 amide bonds. The SMILES string of the molecule is CC1(C)C(NC(=O)C(=NOC2(C(=O)O)CCC2)c2csc(N)n2)C(=O)N1OCC(=O)O. The van der Waals surface area contributed by atoms with E-state index in [0.717, 1.165) is 16.4 Å². The number of carboxylic acid groups (broad SMARTS) is 2. The van der Waals surface area contributed by atoms with Crippen LogP contribution in [0.3, 0.4) is 0 Å². The molecule has 1 aromatic rings. The Bertz CT molecular complexity index is 954. The van der Waals surface area contributed by atoms with Crippen LogP contribution in [0.2, 0.25) is 0 Å². The Kier molecular flexibility index (Phi) is 5.87. The Labute approximate surface area is 179 Å². The summed E-state index contributed by atoms with van der Waals surface area (Å²) in [7, 11) is 0. The molecule has 13 nitrogen and oxygen atoms in total. The first-order valence-electron chi connectivity index (χ1n) is 9.18. The van der Waals surface area contributed by atoms with Crippen molar-refractivity contribution in [3.8, 4) is 0 Å². The molecular formula is C17H21N5O8S. The highest BCUT2D eigenvalue weighted by atomic mass is 32.1. The van der Waals surface area contributed by atoms with Crippen LogP contribution in [0.5, 0.6) is 0 Å². The van der Waals surface area contributed by atoms with E-state index in [1.807, 2.05) is 0 Å². The first-order valence-corrected chi connectivity index (χ1v) is 10.1. The number of aliphatic carboxylic acids is 2. The molecule has 0 radical (unpaired) electrons. The number of oxime groups is 1.